The molecule has 142 valence electrons. The van der Waals surface area contributed by atoms with Gasteiger partial charge in [0, 0.05) is 53.3 Å². The molecule has 1 aliphatic carbocycles. The van der Waals surface area contributed by atoms with Crippen LogP contribution >= 0.6 is 0 Å². The van der Waals surface area contributed by atoms with Gasteiger partial charge in [-0.1, -0.05) is 24.3 Å². The van der Waals surface area contributed by atoms with Gasteiger partial charge in [-0.15, -0.1) is 5.73 Å². The number of aryl methyl sites for hydroxylation is 1. The molecule has 4 aromatic rings. The van der Waals surface area contributed by atoms with Gasteiger partial charge in [-0.2, -0.15) is 5.10 Å². The number of rotatable bonds is 4. The quantitative estimate of drug-likeness (QED) is 0.489. The third kappa shape index (κ3) is 2.84. The number of benzene rings is 1. The number of nitrogens with zero attached hydrogens (tertiary/aromatic N) is 4. The third-order valence-corrected chi connectivity index (χ3v) is 6.50. The molecule has 0 amide bonds. The molecule has 0 saturated heterocycles. The van der Waals surface area contributed by atoms with E-state index in [0.29, 0.717) is 5.65 Å². The van der Waals surface area contributed by atoms with Gasteiger partial charge in [0.15, 0.2) is 5.65 Å². The second kappa shape index (κ2) is 6.44. The first kappa shape index (κ1) is 17.4. The van der Waals surface area contributed by atoms with Crippen molar-refractivity contribution in [1.82, 2.24) is 18.7 Å². The number of pyridine rings is 1. The van der Waals surface area contributed by atoms with Crippen LogP contribution in [0.25, 0.3) is 27.7 Å². The van der Waals surface area contributed by atoms with E-state index in [9.17, 15) is 8.42 Å². The number of aromatic nitrogens is 4. The lowest BCUT2D eigenvalue weighted by molar-refractivity contribution is 0.589. The Hall–Kier alpha value is -3.67. The molecular weight excluding hydrogens is 384 g/mol. The summed E-state index contributed by atoms with van der Waals surface area (Å²) in [4.78, 5) is 4.73. The van der Waals surface area contributed by atoms with Gasteiger partial charge in [-0.25, -0.2) is 17.4 Å². The highest BCUT2D eigenvalue weighted by atomic mass is 32.2. The van der Waals surface area contributed by atoms with Crippen LogP contribution in [0.4, 0.5) is 0 Å². The highest BCUT2D eigenvalue weighted by Crippen LogP contribution is 2.33. The zero-order valence-electron chi connectivity index (χ0n) is 15.5. The molecule has 0 fully saturated rings. The van der Waals surface area contributed by atoms with Crippen molar-refractivity contribution in [2.24, 2.45) is 7.05 Å². The van der Waals surface area contributed by atoms with Gasteiger partial charge in [0.05, 0.1) is 11.1 Å². The molecule has 0 radical (unpaired) electrons. The van der Waals surface area contributed by atoms with Gasteiger partial charge in [0.2, 0.25) is 0 Å². The van der Waals surface area contributed by atoms with Crippen molar-refractivity contribution in [3.63, 3.8) is 0 Å². The molecule has 0 saturated carbocycles. The van der Waals surface area contributed by atoms with Crippen molar-refractivity contribution in [2.45, 2.75) is 4.90 Å². The topological polar surface area (TPSA) is 69.8 Å². The smallest absolute Gasteiger partial charge is 0.269 e. The van der Waals surface area contributed by atoms with Crippen LogP contribution in [0.15, 0.2) is 90.0 Å². The average molecular weight is 400 g/mol. The van der Waals surface area contributed by atoms with Crippen molar-refractivity contribution >= 4 is 26.6 Å². The Morgan fingerprint density at radius 2 is 1.86 bits per heavy atom. The van der Waals surface area contributed by atoms with E-state index in [4.69, 9.17) is 0 Å². The van der Waals surface area contributed by atoms with Crippen LogP contribution < -0.4 is 0 Å². The molecule has 5 rings (SSSR count). The molecule has 0 spiro atoms. The van der Waals surface area contributed by atoms with Gasteiger partial charge in [0.1, 0.15) is 0 Å². The molecular formula is C22H16N4O2S. The van der Waals surface area contributed by atoms with Crippen LogP contribution in [0, 0.1) is 0 Å². The number of fused-ring (bicyclic) bond motifs is 1. The lowest BCUT2D eigenvalue weighted by Crippen LogP contribution is -2.12. The first-order valence-corrected chi connectivity index (χ1v) is 10.4. The average Bonchev–Trinajstić information content (AvgIpc) is 3.47. The Balaban J connectivity index is 1.80. The summed E-state index contributed by atoms with van der Waals surface area (Å²) < 4.78 is 29.5. The van der Waals surface area contributed by atoms with E-state index < -0.39 is 10.0 Å². The van der Waals surface area contributed by atoms with Gasteiger partial charge in [0.25, 0.3) is 10.0 Å². The normalized spacial score (nSPS) is 13.3. The van der Waals surface area contributed by atoms with Crippen molar-refractivity contribution in [2.75, 3.05) is 0 Å². The molecule has 3 heterocycles. The molecule has 7 heteroatoms. The summed E-state index contributed by atoms with van der Waals surface area (Å²) in [6, 6.07) is 10.3. The summed E-state index contributed by atoms with van der Waals surface area (Å²) in [5.41, 5.74) is 6.91. The molecule has 1 aliphatic rings. The van der Waals surface area contributed by atoms with Crippen LogP contribution in [0.1, 0.15) is 5.56 Å². The maximum absolute atomic E-state index is 13.3. The number of hydrogen-bond acceptors (Lipinski definition) is 4. The Morgan fingerprint density at radius 3 is 2.55 bits per heavy atom. The van der Waals surface area contributed by atoms with E-state index in [-0.39, 0.29) is 4.90 Å². The first-order chi connectivity index (χ1) is 14.0. The molecule has 6 nitrogen and oxygen atoms in total. The molecule has 0 aliphatic heterocycles. The van der Waals surface area contributed by atoms with E-state index in [2.05, 4.69) is 15.8 Å². The molecule has 0 bridgehead atoms. The highest BCUT2D eigenvalue weighted by Gasteiger charge is 2.23. The molecule has 0 unspecified atom stereocenters. The van der Waals surface area contributed by atoms with Crippen LogP contribution in [0.2, 0.25) is 0 Å². The summed E-state index contributed by atoms with van der Waals surface area (Å²) in [5.74, 6) is 0. The minimum absolute atomic E-state index is 0.213. The lowest BCUT2D eigenvalue weighted by atomic mass is 10.1. The predicted molar refractivity (Wildman–Crippen MR) is 112 cm³/mol. The van der Waals surface area contributed by atoms with E-state index in [1.807, 2.05) is 37.5 Å². The molecule has 0 N–H and O–H groups in total. The van der Waals surface area contributed by atoms with Crippen LogP contribution in [0.3, 0.4) is 0 Å². The van der Waals surface area contributed by atoms with E-state index >= 15 is 0 Å². The number of allylic oxidation sites excluding steroid dienone is 3. The maximum Gasteiger partial charge on any atom is 0.269 e. The van der Waals surface area contributed by atoms with Gasteiger partial charge < -0.3 is 0 Å². The standard InChI is InChI=1S/C22H16N4O2S/c1-25-14-18(13-24-25)21-15-26(29(27,28)19-9-3-2-4-10-19)22-20(21)11-17(12-23-22)16-7-5-6-8-16/h2-7,9-15H,1H3. The van der Waals surface area contributed by atoms with E-state index in [0.717, 1.165) is 27.6 Å². The fraction of sp³-hybridized carbons (Fsp3) is 0.0455. The van der Waals surface area contributed by atoms with Crippen LogP contribution in [0.5, 0.6) is 0 Å². The van der Waals surface area contributed by atoms with E-state index in [1.54, 1.807) is 53.6 Å². The summed E-state index contributed by atoms with van der Waals surface area (Å²) in [6.45, 7) is 0. The van der Waals surface area contributed by atoms with Crippen LogP contribution in [-0.4, -0.2) is 27.2 Å². The van der Waals surface area contributed by atoms with Crippen molar-refractivity contribution in [3.8, 4) is 11.1 Å². The molecule has 3 aromatic heterocycles. The third-order valence-electron chi connectivity index (χ3n) is 4.84. The largest absolute Gasteiger partial charge is 0.275 e. The summed E-state index contributed by atoms with van der Waals surface area (Å²) in [6.07, 6.45) is 12.6. The van der Waals surface area contributed by atoms with Gasteiger partial charge in [-0.3, -0.25) is 4.68 Å². The maximum atomic E-state index is 13.3. The highest BCUT2D eigenvalue weighted by molar-refractivity contribution is 7.90. The minimum atomic E-state index is -3.79. The molecule has 29 heavy (non-hydrogen) atoms. The Labute approximate surface area is 167 Å². The van der Waals surface area contributed by atoms with Gasteiger partial charge in [-0.05, 0) is 30.4 Å². The predicted octanol–water partition coefficient (Wildman–Crippen LogP) is 3.78. The lowest BCUT2D eigenvalue weighted by Gasteiger charge is -2.07. The SMILES string of the molecule is Cn1cc(-c2cn(S(=O)(=O)c3ccccc3)c3ncc(C4=C=CC=C4)cc23)cn1. The zero-order chi connectivity index (χ0) is 20.0. The second-order valence-electron chi connectivity index (χ2n) is 6.74. The number of hydrogen-bond donors (Lipinski definition) is 0. The minimum Gasteiger partial charge on any atom is -0.275 e. The second-order valence-corrected chi connectivity index (χ2v) is 8.55. The van der Waals surface area contributed by atoms with Gasteiger partial charge >= 0.3 is 0 Å². The summed E-state index contributed by atoms with van der Waals surface area (Å²) in [5, 5.41) is 4.97. The fourth-order valence-electron chi connectivity index (χ4n) is 3.42. The Bertz CT molecular complexity index is 1450. The Kier molecular flexibility index (Phi) is 3.87. The first-order valence-electron chi connectivity index (χ1n) is 8.98. The Morgan fingerprint density at radius 1 is 1.03 bits per heavy atom. The molecule has 1 aromatic carbocycles. The zero-order valence-corrected chi connectivity index (χ0v) is 16.3. The summed E-state index contributed by atoms with van der Waals surface area (Å²) >= 11 is 0. The van der Waals surface area contributed by atoms with Crippen molar-refractivity contribution in [3.05, 3.63) is 90.7 Å². The van der Waals surface area contributed by atoms with Crippen molar-refractivity contribution in [1.29, 1.82) is 0 Å². The fourth-order valence-corrected chi connectivity index (χ4v) is 4.76. The molecule has 0 atom stereocenters. The summed E-state index contributed by atoms with van der Waals surface area (Å²) in [7, 11) is -1.97. The van der Waals surface area contributed by atoms with E-state index in [1.165, 1.54) is 3.97 Å². The van der Waals surface area contributed by atoms with Crippen LogP contribution in [-0.2, 0) is 17.1 Å². The van der Waals surface area contributed by atoms with Crippen molar-refractivity contribution < 1.29 is 8.42 Å². The monoisotopic (exact) mass is 400 g/mol.